The second kappa shape index (κ2) is 62.1. The predicted molar refractivity (Wildman–Crippen MR) is 579 cm³/mol. The molecule has 0 aliphatic carbocycles. The third-order valence-corrected chi connectivity index (χ3v) is 65.5. The van der Waals surface area contributed by atoms with Crippen molar-refractivity contribution in [2.45, 2.75) is 343 Å². The Morgan fingerprint density at radius 1 is 0.116 bits per heavy atom. The van der Waals surface area contributed by atoms with Crippen LogP contribution in [0.2, 0.25) is 136 Å². The highest BCUT2D eigenvalue weighted by Crippen LogP contribution is 2.36. The van der Waals surface area contributed by atoms with E-state index in [1.165, 1.54) is 193 Å². The molecule has 0 spiro atoms. The monoisotopic (exact) mass is 1760 g/mol. The van der Waals surface area contributed by atoms with Crippen LogP contribution in [0.4, 0.5) is 0 Å². The van der Waals surface area contributed by atoms with E-state index in [0.29, 0.717) is 0 Å². The molecule has 0 unspecified atom stereocenters. The minimum Gasteiger partial charge on any atom is -0.0683 e. The van der Waals surface area contributed by atoms with E-state index < -0.39 is 64.6 Å². The van der Waals surface area contributed by atoms with E-state index in [9.17, 15) is 0 Å². The Hall–Kier alpha value is -6.06. The van der Waals surface area contributed by atoms with Crippen molar-refractivity contribution in [1.82, 2.24) is 0 Å². The molecule has 0 amide bonds. The molecule has 0 aromatic heterocycles. The molecule has 10 aromatic rings. The van der Waals surface area contributed by atoms with Crippen LogP contribution in [0.3, 0.4) is 0 Å². The largest absolute Gasteiger partial charge is 0.118 e. The van der Waals surface area contributed by atoms with Crippen LogP contribution in [-0.2, 0) is 0 Å². The Balaban J connectivity index is 0.000000350. The van der Waals surface area contributed by atoms with Gasteiger partial charge < -0.3 is 0 Å². The van der Waals surface area contributed by atoms with Crippen molar-refractivity contribution in [3.05, 3.63) is 303 Å². The van der Waals surface area contributed by atoms with Crippen molar-refractivity contribution in [2.75, 3.05) is 0 Å². The van der Waals surface area contributed by atoms with Crippen LogP contribution in [0.15, 0.2) is 303 Å². The summed E-state index contributed by atoms with van der Waals surface area (Å²) in [5.41, 5.74) is 0. The van der Waals surface area contributed by atoms with Gasteiger partial charge in [-0.2, -0.15) is 0 Å². The van der Waals surface area contributed by atoms with E-state index in [1.54, 1.807) is 51.9 Å². The molecule has 8 aliphatic rings. The Kier molecular flexibility index (Phi) is 56.0. The average molecular weight is 1760 g/mol. The van der Waals surface area contributed by atoms with E-state index in [2.05, 4.69) is 343 Å². The second-order valence-corrected chi connectivity index (χ2v) is 71.3. The molecule has 8 aliphatic heterocycles. The van der Waals surface area contributed by atoms with Crippen molar-refractivity contribution in [3.63, 3.8) is 0 Å². The summed E-state index contributed by atoms with van der Waals surface area (Å²) in [6.07, 6.45) is 21.9. The maximum atomic E-state index is 2.56. The first kappa shape index (κ1) is 109. The summed E-state index contributed by atoms with van der Waals surface area (Å²) in [6, 6.07) is 136. The molecular weight excluding hydrogens is 1580 g/mol. The Bertz CT molecular complexity index is 3740. The number of benzene rings is 10. The van der Waals surface area contributed by atoms with Gasteiger partial charge in [0.05, 0.1) is 48.4 Å². The van der Waals surface area contributed by atoms with E-state index in [1.807, 2.05) is 111 Å². The molecular formula is C113H178Si8. The van der Waals surface area contributed by atoms with Crippen molar-refractivity contribution >= 4 is 116 Å². The quantitative estimate of drug-likeness (QED) is 0.120. The number of rotatable bonds is 10. The Morgan fingerprint density at radius 3 is 0.331 bits per heavy atom. The summed E-state index contributed by atoms with van der Waals surface area (Å²) in [5.74, 6) is 0. The van der Waals surface area contributed by atoms with Gasteiger partial charge in [0, 0.05) is 0 Å². The fraction of sp³-hybridized carbons (Fsp3) is 0.469. The lowest BCUT2D eigenvalue weighted by Gasteiger charge is -2.40. The maximum Gasteiger partial charge on any atom is 0.118 e. The molecule has 8 fully saturated rings. The zero-order valence-corrected chi connectivity index (χ0v) is 89.8. The zero-order chi connectivity index (χ0) is 89.0. The minimum atomic E-state index is -1.38. The van der Waals surface area contributed by atoms with E-state index >= 15 is 0 Å². The summed E-state index contributed by atoms with van der Waals surface area (Å²) in [4.78, 5) is 0. The van der Waals surface area contributed by atoms with Gasteiger partial charge in [-0.3, -0.25) is 0 Å². The summed E-state index contributed by atoms with van der Waals surface area (Å²) in [6.45, 7) is 47.2. The number of hydrogen-bond donors (Lipinski definition) is 0. The summed E-state index contributed by atoms with van der Waals surface area (Å²) < 4.78 is 0. The Labute approximate surface area is 756 Å². The number of hydrogen-bond acceptors (Lipinski definition) is 0. The Morgan fingerprint density at radius 2 is 0.215 bits per heavy atom. The summed E-state index contributed by atoms with van der Waals surface area (Å²) in [7, 11) is -8.38. The predicted octanol–water partition coefficient (Wildman–Crippen LogP) is 30.5. The van der Waals surface area contributed by atoms with Crippen LogP contribution in [0, 0.1) is 0 Å². The van der Waals surface area contributed by atoms with Gasteiger partial charge in [0.2, 0.25) is 0 Å². The SMILES string of the molecule is CC.CC.CC.CC.CC.CC.CC.CC.C[Si]1(c2ccccc2)CCC1.C[Si]1(c2ccccc2)CCC1.C[Si]1(c2ccccc2)CCCC1.C[Si]1(c2ccccc2)CCCC1.C[Si]1(c2ccccc2)CCCCC1.C[Si]1(c2ccccc2)CCCCC1.c1ccc([Si]2(c3ccccc3)CCC2)cc1.c1ccc([Si]2(c3ccccc3)CCCC2)cc1. The lowest BCUT2D eigenvalue weighted by atomic mass is 10.3. The fourth-order valence-corrected chi connectivity index (χ4v) is 50.0. The van der Waals surface area contributed by atoms with Gasteiger partial charge in [0.15, 0.2) is 0 Å². The minimum absolute atomic E-state index is 0.873. The molecule has 0 bridgehead atoms. The molecule has 121 heavy (non-hydrogen) atoms. The molecule has 0 N–H and O–H groups in total. The summed E-state index contributed by atoms with van der Waals surface area (Å²) >= 11 is 0. The third-order valence-electron chi connectivity index (χ3n) is 27.0. The van der Waals surface area contributed by atoms with Crippen molar-refractivity contribution < 1.29 is 0 Å². The van der Waals surface area contributed by atoms with Gasteiger partial charge >= 0.3 is 0 Å². The van der Waals surface area contributed by atoms with Crippen molar-refractivity contribution in [1.29, 1.82) is 0 Å². The highest BCUT2D eigenvalue weighted by molar-refractivity contribution is 7.04. The average Bonchev–Trinajstić information content (AvgIpc) is 1.58. The topological polar surface area (TPSA) is 0 Å². The van der Waals surface area contributed by atoms with Crippen LogP contribution in [0.25, 0.3) is 0 Å². The van der Waals surface area contributed by atoms with Gasteiger partial charge in [-0.25, -0.2) is 0 Å². The zero-order valence-electron chi connectivity index (χ0n) is 81.8. The first-order valence-corrected chi connectivity index (χ1v) is 72.1. The van der Waals surface area contributed by atoms with Gasteiger partial charge in [-0.15, -0.1) is 0 Å². The molecule has 10 aromatic carbocycles. The lowest BCUT2D eigenvalue weighted by molar-refractivity contribution is 0.717. The third kappa shape index (κ3) is 34.0. The van der Waals surface area contributed by atoms with Gasteiger partial charge in [0.25, 0.3) is 0 Å². The first-order chi connectivity index (χ1) is 59.2. The highest BCUT2D eigenvalue weighted by atomic mass is 28.3. The van der Waals surface area contributed by atoms with Crippen molar-refractivity contribution in [3.8, 4) is 0 Å². The fourth-order valence-electron chi connectivity index (χ4n) is 19.2. The van der Waals surface area contributed by atoms with E-state index in [-0.39, 0.29) is 0 Å². The lowest BCUT2D eigenvalue weighted by Crippen LogP contribution is -2.62. The smallest absolute Gasteiger partial charge is 0.0683 e. The van der Waals surface area contributed by atoms with Crippen LogP contribution in [-0.4, -0.2) is 64.6 Å². The molecule has 0 radical (unpaired) electrons. The maximum absolute atomic E-state index is 2.56. The van der Waals surface area contributed by atoms with Crippen LogP contribution in [0.5, 0.6) is 0 Å². The standard InChI is InChI=1S/C16H18Si.C15H16Si.2C12H18Si.2C11H16Si.2C10H14Si.8C2H6/c1-3-9-15(10-4-1)17(13-7-8-14-17)16-11-5-2-6-12-16;1-3-8-14(9-4-1)16(12-7-13-16)15-10-5-2-6-11-15;2*1-13(10-6-3-7-11-13)12-8-4-2-5-9-12;2*1-12(9-5-6-10-12)11-7-3-2-4-8-11;2*1-11(8-5-9-11)10-6-3-2-4-7-10;8*1-2/h1-6,9-12H,7-8,13-14H2;1-6,8-11H,7,12-13H2;2*2,4-5,8-9H,3,6-7,10-11H2,1H3;2*2-4,7-8H,5-6,9-10H2,1H3;2*2-4,6-7H,5,8-9H2,1H3;8*1-2H3. The van der Waals surface area contributed by atoms with Crippen LogP contribution >= 0.6 is 0 Å². The molecule has 662 valence electrons. The molecule has 8 saturated heterocycles. The van der Waals surface area contributed by atoms with Gasteiger partial charge in [-0.1, -0.05) is 674 Å². The van der Waals surface area contributed by atoms with Gasteiger partial charge in [-0.05, 0) is 24.2 Å². The molecule has 0 nitrogen and oxygen atoms in total. The second-order valence-electron chi connectivity index (χ2n) is 34.5. The molecule has 8 heteroatoms. The molecule has 8 heterocycles. The normalized spacial score (nSPS) is 17.8. The molecule has 0 saturated carbocycles. The van der Waals surface area contributed by atoms with Crippen molar-refractivity contribution in [2.24, 2.45) is 0 Å². The van der Waals surface area contributed by atoms with E-state index in [0.717, 1.165) is 0 Å². The first-order valence-electron chi connectivity index (χ1n) is 49.8. The van der Waals surface area contributed by atoms with E-state index in [4.69, 9.17) is 0 Å². The molecule has 0 atom stereocenters. The van der Waals surface area contributed by atoms with Crippen LogP contribution in [0.1, 0.15) is 207 Å². The van der Waals surface area contributed by atoms with Crippen LogP contribution < -0.4 is 51.9 Å². The molecule has 18 rings (SSSR count). The summed E-state index contributed by atoms with van der Waals surface area (Å²) in [5, 5.41) is 16.5. The highest BCUT2D eigenvalue weighted by Gasteiger charge is 2.44. The van der Waals surface area contributed by atoms with Gasteiger partial charge in [0.1, 0.15) is 16.1 Å².